The van der Waals surface area contributed by atoms with Crippen LogP contribution in [0.3, 0.4) is 0 Å². The fourth-order valence-electron chi connectivity index (χ4n) is 5.01. The van der Waals surface area contributed by atoms with Crippen LogP contribution in [0.1, 0.15) is 37.0 Å². The Morgan fingerprint density at radius 1 is 0.915 bits per heavy atom. The van der Waals surface area contributed by atoms with E-state index in [-0.39, 0.29) is 30.3 Å². The molecule has 0 spiro atoms. The van der Waals surface area contributed by atoms with Gasteiger partial charge in [-0.3, -0.25) is 14.5 Å². The van der Waals surface area contributed by atoms with Crippen molar-refractivity contribution >= 4 is 34.1 Å². The van der Waals surface area contributed by atoms with E-state index in [1.54, 1.807) is 60.7 Å². The number of aliphatic hydroxyl groups excluding tert-OH is 1. The summed E-state index contributed by atoms with van der Waals surface area (Å²) in [6.45, 7) is 3.06. The van der Waals surface area contributed by atoms with Crippen molar-refractivity contribution in [3.63, 3.8) is 0 Å². The number of carbonyl (C=O) groups is 3. The third kappa shape index (κ3) is 10.9. The summed E-state index contributed by atoms with van der Waals surface area (Å²) >= 11 is 0. The summed E-state index contributed by atoms with van der Waals surface area (Å²) in [7, 11) is -4.14. The summed E-state index contributed by atoms with van der Waals surface area (Å²) in [5.74, 6) is -1.92. The summed E-state index contributed by atoms with van der Waals surface area (Å²) in [5.41, 5.74) is 7.19. The number of hydrogen-bond acceptors (Lipinski definition) is 8. The summed E-state index contributed by atoms with van der Waals surface area (Å²) in [6, 6.07) is 20.4. The van der Waals surface area contributed by atoms with Gasteiger partial charge in [0.15, 0.2) is 0 Å². The SMILES string of the molecule is CC(C)CN(C[C@@H](O)[C@H](Cc1ccccc1)NC(=O)[C@H](CC(N)=O)N(Cc1ccccc1)C(=O)O)S(=O)(=O)c1ccc(/C=N/O)cc1. The fourth-order valence-corrected chi connectivity index (χ4v) is 6.63. The van der Waals surface area contributed by atoms with Gasteiger partial charge >= 0.3 is 6.09 Å². The first-order chi connectivity index (χ1) is 22.3. The molecule has 3 amide bonds. The number of carbonyl (C=O) groups excluding carboxylic acids is 2. The van der Waals surface area contributed by atoms with Crippen molar-refractivity contribution < 1.29 is 38.2 Å². The molecular weight excluding hydrogens is 626 g/mol. The van der Waals surface area contributed by atoms with Gasteiger partial charge in [-0.25, -0.2) is 13.2 Å². The minimum absolute atomic E-state index is 0.0411. The zero-order valence-corrected chi connectivity index (χ0v) is 27.0. The van der Waals surface area contributed by atoms with Crippen molar-refractivity contribution in [2.75, 3.05) is 13.1 Å². The predicted molar refractivity (Wildman–Crippen MR) is 175 cm³/mol. The average Bonchev–Trinajstić information content (AvgIpc) is 3.03. The molecule has 0 aliphatic carbocycles. The van der Waals surface area contributed by atoms with Crippen molar-refractivity contribution in [3.05, 3.63) is 102 Å². The van der Waals surface area contributed by atoms with E-state index in [1.165, 1.54) is 24.3 Å². The van der Waals surface area contributed by atoms with Crippen LogP contribution in [-0.2, 0) is 32.6 Å². The smallest absolute Gasteiger partial charge is 0.408 e. The lowest BCUT2D eigenvalue weighted by atomic mass is 9.99. The highest BCUT2D eigenvalue weighted by Gasteiger charge is 2.36. The van der Waals surface area contributed by atoms with Gasteiger partial charge in [-0.15, -0.1) is 0 Å². The third-order valence-electron chi connectivity index (χ3n) is 7.29. The number of hydrogen-bond donors (Lipinski definition) is 5. The normalized spacial score (nSPS) is 13.7. The number of benzene rings is 3. The Labute approximate surface area is 274 Å². The lowest BCUT2D eigenvalue weighted by Crippen LogP contribution is -2.57. The Morgan fingerprint density at radius 3 is 2.00 bits per heavy atom. The molecule has 14 heteroatoms. The zero-order chi connectivity index (χ0) is 34.6. The van der Waals surface area contributed by atoms with E-state index in [4.69, 9.17) is 10.9 Å². The van der Waals surface area contributed by atoms with Crippen molar-refractivity contribution in [2.24, 2.45) is 16.8 Å². The number of primary amides is 1. The van der Waals surface area contributed by atoms with Gasteiger partial charge in [0.1, 0.15) is 6.04 Å². The summed E-state index contributed by atoms with van der Waals surface area (Å²) in [6.07, 6.45) is -2.33. The molecule has 6 N–H and O–H groups in total. The molecule has 3 aromatic carbocycles. The van der Waals surface area contributed by atoms with E-state index in [1.807, 2.05) is 13.8 Å². The number of sulfonamides is 1. The first-order valence-corrected chi connectivity index (χ1v) is 16.4. The monoisotopic (exact) mass is 667 g/mol. The second-order valence-corrected chi connectivity index (χ2v) is 13.4. The van der Waals surface area contributed by atoms with Gasteiger partial charge in [-0.1, -0.05) is 91.8 Å². The molecule has 252 valence electrons. The van der Waals surface area contributed by atoms with Crippen LogP contribution in [0.2, 0.25) is 0 Å². The van der Waals surface area contributed by atoms with Crippen LogP contribution in [0.15, 0.2) is 95.0 Å². The lowest BCUT2D eigenvalue weighted by molar-refractivity contribution is -0.131. The average molecular weight is 668 g/mol. The van der Waals surface area contributed by atoms with Crippen molar-refractivity contribution in [1.29, 1.82) is 0 Å². The Hall–Kier alpha value is -4.79. The molecule has 3 atom stereocenters. The quantitative estimate of drug-likeness (QED) is 0.0821. The molecule has 0 bridgehead atoms. The zero-order valence-electron chi connectivity index (χ0n) is 26.2. The topological polar surface area (TPSA) is 203 Å². The highest BCUT2D eigenvalue weighted by molar-refractivity contribution is 7.89. The lowest BCUT2D eigenvalue weighted by Gasteiger charge is -2.33. The molecule has 0 saturated carbocycles. The Bertz CT molecular complexity index is 1600. The second-order valence-electron chi connectivity index (χ2n) is 11.5. The molecular formula is C33H41N5O8S. The summed E-state index contributed by atoms with van der Waals surface area (Å²) < 4.78 is 28.7. The van der Waals surface area contributed by atoms with Gasteiger partial charge in [-0.2, -0.15) is 4.31 Å². The molecule has 0 saturated heterocycles. The molecule has 0 radical (unpaired) electrons. The number of nitrogens with two attached hydrogens (primary N) is 1. The first-order valence-electron chi connectivity index (χ1n) is 14.9. The molecule has 0 fully saturated rings. The van der Waals surface area contributed by atoms with E-state index >= 15 is 0 Å². The maximum atomic E-state index is 13.8. The standard InChI is InChI=1S/C33H41N5O8S/c1-23(2)20-37(47(45,46)27-15-13-25(14-16-27)19-35-44)22-30(39)28(17-24-9-5-3-6-10-24)36-32(41)29(18-31(34)40)38(33(42)43)21-26-11-7-4-8-12-26/h3-16,19,23,28-30,39,44H,17-18,20-22H2,1-2H3,(H2,34,40)(H,36,41)(H,42,43)/b35-19+/t28-,29-,30+/m0/s1. The molecule has 3 rings (SSSR count). The molecule has 0 unspecified atom stereocenters. The number of carboxylic acid groups (broad SMARTS) is 1. The van der Waals surface area contributed by atoms with E-state index in [2.05, 4.69) is 10.5 Å². The van der Waals surface area contributed by atoms with Crippen LogP contribution >= 0.6 is 0 Å². The molecule has 0 heterocycles. The minimum Gasteiger partial charge on any atom is -0.465 e. The largest absolute Gasteiger partial charge is 0.465 e. The predicted octanol–water partition coefficient (Wildman–Crippen LogP) is 2.65. The van der Waals surface area contributed by atoms with Crippen LogP contribution in [0.5, 0.6) is 0 Å². The Morgan fingerprint density at radius 2 is 1.49 bits per heavy atom. The van der Waals surface area contributed by atoms with Crippen molar-refractivity contribution in [1.82, 2.24) is 14.5 Å². The summed E-state index contributed by atoms with van der Waals surface area (Å²) in [4.78, 5) is 38.9. The van der Waals surface area contributed by atoms with E-state index in [0.717, 1.165) is 15.4 Å². The van der Waals surface area contributed by atoms with Gasteiger partial charge in [0.2, 0.25) is 21.8 Å². The Balaban J connectivity index is 1.95. The van der Waals surface area contributed by atoms with E-state index in [9.17, 15) is 33.0 Å². The molecule has 0 aliphatic rings. The van der Waals surface area contributed by atoms with Gasteiger partial charge in [0.25, 0.3) is 0 Å². The molecule has 0 aromatic heterocycles. The first kappa shape index (κ1) is 36.7. The van der Waals surface area contributed by atoms with Crippen LogP contribution < -0.4 is 11.1 Å². The van der Waals surface area contributed by atoms with Crippen LogP contribution in [0.4, 0.5) is 4.79 Å². The number of amides is 3. The molecule has 13 nitrogen and oxygen atoms in total. The number of nitrogens with zero attached hydrogens (tertiary/aromatic N) is 3. The van der Waals surface area contributed by atoms with Gasteiger partial charge in [-0.05, 0) is 41.2 Å². The maximum absolute atomic E-state index is 13.8. The van der Waals surface area contributed by atoms with E-state index in [0.29, 0.717) is 16.7 Å². The van der Waals surface area contributed by atoms with Gasteiger partial charge < -0.3 is 26.5 Å². The highest BCUT2D eigenvalue weighted by atomic mass is 32.2. The fraction of sp³-hybridized carbons (Fsp3) is 0.333. The van der Waals surface area contributed by atoms with Gasteiger partial charge in [0, 0.05) is 19.6 Å². The number of rotatable bonds is 17. The third-order valence-corrected chi connectivity index (χ3v) is 9.14. The second kappa shape index (κ2) is 17.2. The van der Waals surface area contributed by atoms with Crippen LogP contribution in [0, 0.1) is 5.92 Å². The molecule has 3 aromatic rings. The summed E-state index contributed by atoms with van der Waals surface area (Å²) in [5, 5.41) is 36.1. The van der Waals surface area contributed by atoms with Gasteiger partial charge in [0.05, 0.1) is 29.7 Å². The van der Waals surface area contributed by atoms with Crippen LogP contribution in [0.25, 0.3) is 0 Å². The number of oxime groups is 1. The maximum Gasteiger partial charge on any atom is 0.408 e. The van der Waals surface area contributed by atoms with Crippen LogP contribution in [-0.4, -0.2) is 88.4 Å². The number of aliphatic hydroxyl groups is 1. The molecule has 47 heavy (non-hydrogen) atoms. The van der Waals surface area contributed by atoms with E-state index < -0.39 is 59.1 Å². The minimum atomic E-state index is -4.14. The highest BCUT2D eigenvalue weighted by Crippen LogP contribution is 2.20. The number of nitrogens with one attached hydrogen (secondary N) is 1. The van der Waals surface area contributed by atoms with Crippen molar-refractivity contribution in [3.8, 4) is 0 Å². The molecule has 0 aliphatic heterocycles. The Kier molecular flexibility index (Phi) is 13.4. The van der Waals surface area contributed by atoms with Crippen molar-refractivity contribution in [2.45, 2.75) is 56.3 Å².